The topological polar surface area (TPSA) is 86.6 Å². The highest BCUT2D eigenvalue weighted by Gasteiger charge is 2.26. The zero-order valence-corrected chi connectivity index (χ0v) is 9.35. The molecule has 0 heterocycles. The van der Waals surface area contributed by atoms with Crippen molar-refractivity contribution >= 4 is 11.9 Å². The van der Waals surface area contributed by atoms with Gasteiger partial charge in [-0.3, -0.25) is 4.79 Å². The Hall–Kier alpha value is -2.02. The number of amides is 1. The number of halogens is 2. The second kappa shape index (κ2) is 5.54. The molecular formula is C11H11F2NO4. The van der Waals surface area contributed by atoms with Crippen LogP contribution in [0.2, 0.25) is 0 Å². The number of hydrogen-bond acceptors (Lipinski definition) is 3. The molecule has 2 atom stereocenters. The number of carbonyl (C=O) groups excluding carboxylic acids is 1. The van der Waals surface area contributed by atoms with E-state index in [1.165, 1.54) is 0 Å². The molecule has 0 aromatic heterocycles. The van der Waals surface area contributed by atoms with Gasteiger partial charge in [0.05, 0.1) is 11.7 Å². The number of carboxylic acid groups (broad SMARTS) is 1. The molecular weight excluding hydrogens is 248 g/mol. The quantitative estimate of drug-likeness (QED) is 0.736. The van der Waals surface area contributed by atoms with Gasteiger partial charge in [-0.05, 0) is 19.1 Å². The lowest BCUT2D eigenvalue weighted by molar-refractivity contribution is -0.141. The largest absolute Gasteiger partial charge is 0.480 e. The van der Waals surface area contributed by atoms with Gasteiger partial charge in [-0.1, -0.05) is 6.07 Å². The molecule has 1 amide bonds. The number of nitrogens with one attached hydrogen (secondary N) is 1. The molecule has 0 radical (unpaired) electrons. The van der Waals surface area contributed by atoms with Crippen LogP contribution in [0.15, 0.2) is 18.2 Å². The van der Waals surface area contributed by atoms with E-state index in [0.717, 1.165) is 25.1 Å². The molecule has 98 valence electrons. The summed E-state index contributed by atoms with van der Waals surface area (Å²) in [6.45, 7) is 1.15. The first kappa shape index (κ1) is 14.0. The van der Waals surface area contributed by atoms with E-state index in [9.17, 15) is 18.4 Å². The van der Waals surface area contributed by atoms with Crippen LogP contribution in [0.5, 0.6) is 0 Å². The molecule has 0 unspecified atom stereocenters. The summed E-state index contributed by atoms with van der Waals surface area (Å²) in [5.41, 5.74) is -0.623. The van der Waals surface area contributed by atoms with Crippen molar-refractivity contribution in [2.75, 3.05) is 0 Å². The van der Waals surface area contributed by atoms with Crippen molar-refractivity contribution in [3.63, 3.8) is 0 Å². The summed E-state index contributed by atoms with van der Waals surface area (Å²) in [4.78, 5) is 22.3. The van der Waals surface area contributed by atoms with Gasteiger partial charge in [-0.2, -0.15) is 0 Å². The van der Waals surface area contributed by atoms with Crippen molar-refractivity contribution in [3.8, 4) is 0 Å². The number of rotatable bonds is 4. The molecule has 5 nitrogen and oxygen atoms in total. The minimum absolute atomic E-state index is 0.623. The number of hydrogen-bond donors (Lipinski definition) is 3. The number of benzene rings is 1. The fraction of sp³-hybridized carbons (Fsp3) is 0.273. The van der Waals surface area contributed by atoms with Crippen LogP contribution in [0.3, 0.4) is 0 Å². The molecule has 0 aliphatic carbocycles. The molecule has 0 bridgehead atoms. The van der Waals surface area contributed by atoms with Crippen LogP contribution >= 0.6 is 0 Å². The van der Waals surface area contributed by atoms with Gasteiger partial charge in [0.15, 0.2) is 17.7 Å². The summed E-state index contributed by atoms with van der Waals surface area (Å²) in [6.07, 6.45) is -1.37. The first-order valence-corrected chi connectivity index (χ1v) is 5.00. The van der Waals surface area contributed by atoms with E-state index in [4.69, 9.17) is 10.2 Å². The zero-order valence-electron chi connectivity index (χ0n) is 9.35. The van der Waals surface area contributed by atoms with Crippen molar-refractivity contribution in [3.05, 3.63) is 35.4 Å². The molecule has 0 saturated carbocycles. The van der Waals surface area contributed by atoms with Gasteiger partial charge in [0.1, 0.15) is 0 Å². The van der Waals surface area contributed by atoms with Crippen molar-refractivity contribution in [2.24, 2.45) is 0 Å². The van der Waals surface area contributed by atoms with Gasteiger partial charge in [0.25, 0.3) is 5.91 Å². The lowest BCUT2D eigenvalue weighted by Crippen LogP contribution is -2.47. The highest BCUT2D eigenvalue weighted by molar-refractivity contribution is 5.96. The smallest absolute Gasteiger partial charge is 0.328 e. The van der Waals surface area contributed by atoms with Crippen LogP contribution in [-0.4, -0.2) is 34.2 Å². The molecule has 1 rings (SSSR count). The van der Waals surface area contributed by atoms with Gasteiger partial charge < -0.3 is 15.5 Å². The maximum absolute atomic E-state index is 13.3. The molecule has 0 aliphatic rings. The average Bonchev–Trinajstić information content (AvgIpc) is 2.28. The number of aliphatic carboxylic acids is 1. The molecule has 0 saturated heterocycles. The Labute approximate surface area is 101 Å². The first-order valence-electron chi connectivity index (χ1n) is 5.00. The summed E-state index contributed by atoms with van der Waals surface area (Å²) in [5, 5.41) is 19.8. The Balaban J connectivity index is 2.94. The van der Waals surface area contributed by atoms with Crippen LogP contribution in [0.4, 0.5) is 8.78 Å². The van der Waals surface area contributed by atoms with Crippen LogP contribution in [0, 0.1) is 11.6 Å². The van der Waals surface area contributed by atoms with Crippen molar-refractivity contribution in [2.45, 2.75) is 19.1 Å². The Bertz CT molecular complexity index is 476. The van der Waals surface area contributed by atoms with Crippen LogP contribution < -0.4 is 5.32 Å². The van der Waals surface area contributed by atoms with Crippen LogP contribution in [-0.2, 0) is 4.79 Å². The van der Waals surface area contributed by atoms with E-state index in [2.05, 4.69) is 0 Å². The van der Waals surface area contributed by atoms with Gasteiger partial charge in [0, 0.05) is 0 Å². The van der Waals surface area contributed by atoms with E-state index >= 15 is 0 Å². The molecule has 0 spiro atoms. The SMILES string of the molecule is C[C@@H](O)[C@H](NC(=O)c1cccc(F)c1F)C(=O)O. The number of carbonyl (C=O) groups is 2. The molecule has 3 N–H and O–H groups in total. The van der Waals surface area contributed by atoms with Crippen molar-refractivity contribution in [1.29, 1.82) is 0 Å². The van der Waals surface area contributed by atoms with Crippen LogP contribution in [0.25, 0.3) is 0 Å². The number of aliphatic hydroxyl groups is 1. The van der Waals surface area contributed by atoms with Gasteiger partial charge >= 0.3 is 5.97 Å². The summed E-state index contributed by atoms with van der Waals surface area (Å²) in [5.74, 6) is -5.17. The Morgan fingerprint density at radius 1 is 1.33 bits per heavy atom. The van der Waals surface area contributed by atoms with E-state index in [0.29, 0.717) is 0 Å². The fourth-order valence-electron chi connectivity index (χ4n) is 1.29. The molecule has 0 fully saturated rings. The molecule has 1 aromatic rings. The lowest BCUT2D eigenvalue weighted by atomic mass is 10.1. The van der Waals surface area contributed by atoms with Gasteiger partial charge in [-0.15, -0.1) is 0 Å². The summed E-state index contributed by atoms with van der Waals surface area (Å²) in [7, 11) is 0. The number of carboxylic acids is 1. The van der Waals surface area contributed by atoms with Gasteiger partial charge in [-0.25, -0.2) is 13.6 Å². The normalized spacial score (nSPS) is 13.8. The maximum atomic E-state index is 13.3. The van der Waals surface area contributed by atoms with Crippen LogP contribution in [0.1, 0.15) is 17.3 Å². The standard InChI is InChI=1S/C11H11F2NO4/c1-5(15)9(11(17)18)14-10(16)6-3-2-4-7(12)8(6)13/h2-5,9,15H,1H3,(H,14,16)(H,17,18)/t5-,9+/m1/s1. The first-order chi connectivity index (χ1) is 8.34. The second-order valence-electron chi connectivity index (χ2n) is 3.63. The summed E-state index contributed by atoms with van der Waals surface area (Å²) in [6, 6.07) is 1.36. The molecule has 1 aromatic carbocycles. The minimum atomic E-state index is -1.60. The molecule has 7 heteroatoms. The van der Waals surface area contributed by atoms with E-state index in [1.54, 1.807) is 0 Å². The molecule has 18 heavy (non-hydrogen) atoms. The minimum Gasteiger partial charge on any atom is -0.480 e. The average molecular weight is 259 g/mol. The zero-order chi connectivity index (χ0) is 13.9. The van der Waals surface area contributed by atoms with E-state index < -0.39 is 41.2 Å². The number of aliphatic hydroxyl groups excluding tert-OH is 1. The van der Waals surface area contributed by atoms with Crippen molar-refractivity contribution in [1.82, 2.24) is 5.32 Å². The maximum Gasteiger partial charge on any atom is 0.328 e. The highest BCUT2D eigenvalue weighted by atomic mass is 19.2. The second-order valence-corrected chi connectivity index (χ2v) is 3.63. The summed E-state index contributed by atoms with van der Waals surface area (Å²) >= 11 is 0. The fourth-order valence-corrected chi connectivity index (χ4v) is 1.29. The third-order valence-electron chi connectivity index (χ3n) is 2.23. The Kier molecular flexibility index (Phi) is 4.33. The molecule has 0 aliphatic heterocycles. The monoisotopic (exact) mass is 259 g/mol. The van der Waals surface area contributed by atoms with Crippen molar-refractivity contribution < 1.29 is 28.6 Å². The Morgan fingerprint density at radius 3 is 2.44 bits per heavy atom. The van der Waals surface area contributed by atoms with E-state index in [-0.39, 0.29) is 0 Å². The third kappa shape index (κ3) is 3.01. The van der Waals surface area contributed by atoms with Gasteiger partial charge in [0.2, 0.25) is 0 Å². The predicted octanol–water partition coefficient (Wildman–Crippen LogP) is 0.529. The Morgan fingerprint density at radius 2 is 1.94 bits per heavy atom. The summed E-state index contributed by atoms with van der Waals surface area (Å²) < 4.78 is 26.1. The lowest BCUT2D eigenvalue weighted by Gasteiger charge is -2.17. The van der Waals surface area contributed by atoms with E-state index in [1.807, 2.05) is 5.32 Å². The highest BCUT2D eigenvalue weighted by Crippen LogP contribution is 2.11. The third-order valence-corrected chi connectivity index (χ3v) is 2.23. The predicted molar refractivity (Wildman–Crippen MR) is 56.9 cm³/mol.